The first-order valence-electron chi connectivity index (χ1n) is 1.21. The van der Waals surface area contributed by atoms with Gasteiger partial charge in [0.15, 0.2) is 0 Å². The average Bonchev–Trinajstić information content (AvgIpc) is 1.37. The molecule has 0 radical (unpaired) electrons. The van der Waals surface area contributed by atoms with Crippen LogP contribution in [0, 0.1) is 7.43 Å². The Labute approximate surface area is 53.8 Å². The molecular weight excluding hydrogens is 248 g/mol. The summed E-state index contributed by atoms with van der Waals surface area (Å²) >= 11 is 0. The topological polar surface area (TPSA) is 35.8 Å². The third-order valence-electron chi connectivity index (χ3n) is 0.177. The van der Waals surface area contributed by atoms with E-state index in [0.29, 0.717) is 6.67 Å². The van der Waals surface area contributed by atoms with E-state index in [1.54, 1.807) is 7.05 Å². The summed E-state index contributed by atoms with van der Waals surface area (Å²) in [5.41, 5.74) is 6.34. The summed E-state index contributed by atoms with van der Waals surface area (Å²) in [6.45, 7) is 0.319. The van der Waals surface area contributed by atoms with Crippen LogP contribution in [-0.4, -0.2) is 13.7 Å². The molecule has 6 heavy (non-hydrogen) atoms. The van der Waals surface area contributed by atoms with E-state index in [9.17, 15) is 0 Å². The molecule has 2 nitrogen and oxygen atoms in total. The van der Waals surface area contributed by atoms with Crippen LogP contribution >= 0.6 is 0 Å². The summed E-state index contributed by atoms with van der Waals surface area (Å²) in [7, 11) is 1.74. The first-order valence-corrected chi connectivity index (χ1v) is 1.21. The van der Waals surface area contributed by atoms with Crippen molar-refractivity contribution in [2.45, 2.75) is 0 Å². The smallest absolute Gasteiger partial charge is 0.665 e. The van der Waals surface area contributed by atoms with Crippen LogP contribution in [-0.2, 0) is 21.1 Å². The summed E-state index contributed by atoms with van der Waals surface area (Å²) < 4.78 is 0. The molecule has 0 saturated carbocycles. The molecule has 0 aromatic carbocycles. The predicted molar refractivity (Wildman–Crippen MR) is 24.7 cm³/mol. The molecule has 38 valence electrons. The number of rotatable bonds is 1. The van der Waals surface area contributed by atoms with E-state index in [1.165, 1.54) is 0 Å². The van der Waals surface area contributed by atoms with Crippen LogP contribution in [0.3, 0.4) is 0 Å². The van der Waals surface area contributed by atoms with Gasteiger partial charge in [-0.25, -0.2) is 0 Å². The van der Waals surface area contributed by atoms with E-state index in [2.05, 4.69) is 5.32 Å². The van der Waals surface area contributed by atoms with Crippen LogP contribution in [0.2, 0.25) is 0 Å². The largest absolute Gasteiger partial charge is 2.00 e. The molecule has 2 N–H and O–H groups in total. The molecule has 0 aliphatic rings. The maximum atomic E-state index is 6.34. The Bertz CT molecular complexity index is 10.8. The average molecular weight is 258 g/mol. The van der Waals surface area contributed by atoms with Crippen LogP contribution in [0.5, 0.6) is 0 Å². The predicted octanol–water partition coefficient (Wildman–Crippen LogP) is 0.663. The van der Waals surface area contributed by atoms with Gasteiger partial charge >= 0.3 is 21.1 Å². The van der Waals surface area contributed by atoms with Crippen molar-refractivity contribution in [3.05, 3.63) is 13.2 Å². The third kappa shape index (κ3) is 23.2. The molecule has 0 aliphatic carbocycles. The molecule has 0 atom stereocenters. The fourth-order valence-electron chi connectivity index (χ4n) is 0. The standard InChI is InChI=1S/C2H7N2.CH3.W/c1-4-2-3;;/h3-4H,2H2,1H3;1H3;/q2*-1;+2. The fourth-order valence-corrected chi connectivity index (χ4v) is 0. The third-order valence-corrected chi connectivity index (χ3v) is 0.177. The summed E-state index contributed by atoms with van der Waals surface area (Å²) in [5.74, 6) is 0. The Kier molecular flexibility index (Phi) is 46.6. The molecule has 0 aliphatic heterocycles. The molecule has 0 saturated heterocycles. The summed E-state index contributed by atoms with van der Waals surface area (Å²) in [6, 6.07) is 0. The van der Waals surface area contributed by atoms with Crippen molar-refractivity contribution in [1.82, 2.24) is 5.32 Å². The van der Waals surface area contributed by atoms with Gasteiger partial charge in [-0.05, 0) is 7.05 Å². The Morgan fingerprint density at radius 3 is 1.83 bits per heavy atom. The second-order valence-electron chi connectivity index (χ2n) is 0.530. The van der Waals surface area contributed by atoms with Gasteiger partial charge in [0.05, 0.1) is 0 Å². The van der Waals surface area contributed by atoms with Crippen LogP contribution < -0.4 is 5.32 Å². The summed E-state index contributed by atoms with van der Waals surface area (Å²) in [4.78, 5) is 0. The van der Waals surface area contributed by atoms with Gasteiger partial charge in [0.25, 0.3) is 0 Å². The maximum Gasteiger partial charge on any atom is 2.00 e. The molecule has 0 aromatic rings. The monoisotopic (exact) mass is 258 g/mol. The van der Waals surface area contributed by atoms with E-state index in [-0.39, 0.29) is 28.5 Å². The van der Waals surface area contributed by atoms with Crippen LogP contribution in [0.25, 0.3) is 5.73 Å². The zero-order valence-electron chi connectivity index (χ0n) is 4.12. The minimum absolute atomic E-state index is 0. The van der Waals surface area contributed by atoms with Crippen molar-refractivity contribution in [1.29, 1.82) is 0 Å². The SMILES string of the molecule is CNC[NH-].[CH3-].[W+2]. The normalized spacial score (nSPS) is 5.00. The van der Waals surface area contributed by atoms with Crippen molar-refractivity contribution >= 4 is 0 Å². The van der Waals surface area contributed by atoms with Crippen molar-refractivity contribution in [3.8, 4) is 0 Å². The van der Waals surface area contributed by atoms with Crippen molar-refractivity contribution < 1.29 is 21.1 Å². The molecule has 0 spiro atoms. The molecule has 3 heteroatoms. The van der Waals surface area contributed by atoms with Gasteiger partial charge < -0.3 is 18.5 Å². The Morgan fingerprint density at radius 1 is 1.67 bits per heavy atom. The maximum absolute atomic E-state index is 6.34. The van der Waals surface area contributed by atoms with E-state index in [0.717, 1.165) is 0 Å². The second-order valence-corrected chi connectivity index (χ2v) is 0.530. The van der Waals surface area contributed by atoms with Crippen molar-refractivity contribution in [2.24, 2.45) is 0 Å². The fraction of sp³-hybridized carbons (Fsp3) is 0.667. The van der Waals surface area contributed by atoms with E-state index < -0.39 is 0 Å². The zero-order valence-corrected chi connectivity index (χ0v) is 7.05. The van der Waals surface area contributed by atoms with Crippen molar-refractivity contribution in [3.63, 3.8) is 0 Å². The molecular formula is C3H10N2W. The zero-order chi connectivity index (χ0) is 3.41. The molecule has 0 heterocycles. The molecule has 0 bridgehead atoms. The van der Waals surface area contributed by atoms with Gasteiger partial charge in [0, 0.05) is 0 Å². The van der Waals surface area contributed by atoms with Gasteiger partial charge in [0.2, 0.25) is 0 Å². The number of nitrogens with one attached hydrogen (secondary N) is 2. The van der Waals surface area contributed by atoms with Gasteiger partial charge in [0.1, 0.15) is 0 Å². The first-order chi connectivity index (χ1) is 1.91. The summed E-state index contributed by atoms with van der Waals surface area (Å²) in [6.07, 6.45) is 0. The first kappa shape index (κ1) is 16.0. The van der Waals surface area contributed by atoms with E-state index in [4.69, 9.17) is 5.73 Å². The van der Waals surface area contributed by atoms with Gasteiger partial charge in [-0.3, -0.25) is 0 Å². The molecule has 0 unspecified atom stereocenters. The van der Waals surface area contributed by atoms with Crippen molar-refractivity contribution in [2.75, 3.05) is 13.7 Å². The number of hydrogen-bond donors (Lipinski definition) is 1. The number of hydrogen-bond acceptors (Lipinski definition) is 1. The van der Waals surface area contributed by atoms with Crippen LogP contribution in [0.15, 0.2) is 0 Å². The Balaban J connectivity index is -0.0000000450. The van der Waals surface area contributed by atoms with Gasteiger partial charge in [-0.15, -0.1) is 6.67 Å². The van der Waals surface area contributed by atoms with Gasteiger partial charge in [-0.1, -0.05) is 0 Å². The molecule has 0 amide bonds. The molecule has 0 fully saturated rings. The van der Waals surface area contributed by atoms with Crippen LogP contribution in [0.4, 0.5) is 0 Å². The van der Waals surface area contributed by atoms with E-state index >= 15 is 0 Å². The van der Waals surface area contributed by atoms with E-state index in [1.807, 2.05) is 0 Å². The Morgan fingerprint density at radius 2 is 1.83 bits per heavy atom. The van der Waals surface area contributed by atoms with Crippen LogP contribution in [0.1, 0.15) is 0 Å². The molecule has 0 aromatic heterocycles. The minimum Gasteiger partial charge on any atom is -0.665 e. The second kappa shape index (κ2) is 17.5. The Hall–Kier alpha value is 0.608. The quantitative estimate of drug-likeness (QED) is 0.689. The minimum atomic E-state index is 0. The molecule has 0 rings (SSSR count). The van der Waals surface area contributed by atoms with Gasteiger partial charge in [-0.2, -0.15) is 0 Å². The summed E-state index contributed by atoms with van der Waals surface area (Å²) in [5, 5.41) is 2.60.